The number of benzene rings is 4. The van der Waals surface area contributed by atoms with Crippen molar-refractivity contribution in [2.75, 3.05) is 0 Å². The van der Waals surface area contributed by atoms with E-state index in [4.69, 9.17) is 0 Å². The van der Waals surface area contributed by atoms with Crippen LogP contribution in [0.1, 0.15) is 24.5 Å². The fourth-order valence-electron chi connectivity index (χ4n) is 4.10. The minimum atomic E-state index is -5.43. The SMILES string of the molecule is CCCc1ccc(-c2cc(F)c(OC(F)(F)c3ccc(-c4cc(F)c(OC(F)(F)F)c(F)c4)c(F)c3)c(F)c2)c(F)c1. The standard InChI is InChI=1S/C29H17F11O2/c1-2-3-14-4-6-18(20(30)8-14)15-9-22(32)26(23(33)10-15)41-28(36,37)17-5-7-19(21(31)13-17)16-11-24(34)27(25(35)12-16)42-29(38,39)40/h4-13H,2-3H2,1H3. The minimum Gasteiger partial charge on any atom is -0.423 e. The van der Waals surface area contributed by atoms with E-state index in [1.165, 1.54) is 12.1 Å². The van der Waals surface area contributed by atoms with Crippen molar-refractivity contribution >= 4 is 0 Å². The third-order valence-electron chi connectivity index (χ3n) is 5.94. The summed E-state index contributed by atoms with van der Waals surface area (Å²) in [7, 11) is 0. The molecule has 0 saturated heterocycles. The molecule has 0 amide bonds. The summed E-state index contributed by atoms with van der Waals surface area (Å²) in [6.07, 6.45) is -8.71. The van der Waals surface area contributed by atoms with E-state index in [9.17, 15) is 48.3 Å². The summed E-state index contributed by atoms with van der Waals surface area (Å²) in [5.74, 6) is -12.6. The van der Waals surface area contributed by atoms with Crippen LogP contribution in [0.2, 0.25) is 0 Å². The van der Waals surface area contributed by atoms with Gasteiger partial charge in [-0.05, 0) is 65.6 Å². The number of ether oxygens (including phenoxy) is 2. The Kier molecular flexibility index (Phi) is 8.42. The normalized spacial score (nSPS) is 12.0. The Labute approximate surface area is 230 Å². The molecule has 0 spiro atoms. The Hall–Kier alpha value is -4.29. The molecule has 0 aromatic heterocycles. The molecule has 4 rings (SSSR count). The second kappa shape index (κ2) is 11.5. The van der Waals surface area contributed by atoms with Crippen molar-refractivity contribution in [2.24, 2.45) is 0 Å². The number of alkyl halides is 5. The van der Waals surface area contributed by atoms with Crippen LogP contribution in [0.25, 0.3) is 22.3 Å². The minimum absolute atomic E-state index is 0.142. The van der Waals surface area contributed by atoms with E-state index in [1.807, 2.05) is 6.92 Å². The summed E-state index contributed by atoms with van der Waals surface area (Å²) in [5.41, 5.74) is -2.52. The van der Waals surface area contributed by atoms with Crippen molar-refractivity contribution in [3.05, 3.63) is 107 Å². The molecule has 0 aliphatic rings. The summed E-state index contributed by atoms with van der Waals surface area (Å²) in [4.78, 5) is 0. The lowest BCUT2D eigenvalue weighted by Crippen LogP contribution is -2.23. The first-order valence-electron chi connectivity index (χ1n) is 12.0. The van der Waals surface area contributed by atoms with Gasteiger partial charge in [0.15, 0.2) is 29.0 Å². The zero-order chi connectivity index (χ0) is 31.0. The van der Waals surface area contributed by atoms with Gasteiger partial charge in [0.2, 0.25) is 5.75 Å². The molecule has 0 N–H and O–H groups in total. The van der Waals surface area contributed by atoms with Gasteiger partial charge in [0.1, 0.15) is 11.6 Å². The highest BCUT2D eigenvalue weighted by Gasteiger charge is 2.38. The summed E-state index contributed by atoms with van der Waals surface area (Å²) in [5, 5.41) is 0. The van der Waals surface area contributed by atoms with Crippen LogP contribution in [0.5, 0.6) is 11.5 Å². The van der Waals surface area contributed by atoms with Crippen molar-refractivity contribution in [1.29, 1.82) is 0 Å². The van der Waals surface area contributed by atoms with E-state index in [1.54, 1.807) is 6.07 Å². The van der Waals surface area contributed by atoms with Gasteiger partial charge in [0.25, 0.3) is 0 Å². The molecule has 0 radical (unpaired) electrons. The van der Waals surface area contributed by atoms with E-state index in [0.29, 0.717) is 36.2 Å². The van der Waals surface area contributed by atoms with Crippen molar-refractivity contribution in [3.8, 4) is 33.8 Å². The van der Waals surface area contributed by atoms with Crippen LogP contribution in [0.4, 0.5) is 48.3 Å². The molecule has 0 aliphatic carbocycles. The maximum Gasteiger partial charge on any atom is 0.573 e. The zero-order valence-electron chi connectivity index (χ0n) is 21.2. The zero-order valence-corrected chi connectivity index (χ0v) is 21.2. The second-order valence-corrected chi connectivity index (χ2v) is 8.96. The van der Waals surface area contributed by atoms with Gasteiger partial charge >= 0.3 is 12.5 Å². The van der Waals surface area contributed by atoms with Crippen LogP contribution < -0.4 is 9.47 Å². The predicted octanol–water partition coefficient (Wildman–Crippen LogP) is 9.83. The molecule has 0 heterocycles. The molecule has 222 valence electrons. The topological polar surface area (TPSA) is 18.5 Å². The highest BCUT2D eigenvalue weighted by Crippen LogP contribution is 2.39. The molecule has 0 fully saturated rings. The van der Waals surface area contributed by atoms with Gasteiger partial charge in [-0.1, -0.05) is 31.5 Å². The van der Waals surface area contributed by atoms with Crippen molar-refractivity contribution in [1.82, 2.24) is 0 Å². The van der Waals surface area contributed by atoms with Crippen LogP contribution in [0.15, 0.2) is 60.7 Å². The molecule has 13 heteroatoms. The third-order valence-corrected chi connectivity index (χ3v) is 5.94. The monoisotopic (exact) mass is 606 g/mol. The Bertz CT molecular complexity index is 1580. The molecule has 2 nitrogen and oxygen atoms in total. The van der Waals surface area contributed by atoms with Gasteiger partial charge in [-0.2, -0.15) is 8.78 Å². The molecule has 0 unspecified atom stereocenters. The lowest BCUT2D eigenvalue weighted by atomic mass is 10.0. The summed E-state index contributed by atoms with van der Waals surface area (Å²) in [6.45, 7) is 1.87. The molecule has 0 saturated carbocycles. The quantitative estimate of drug-likeness (QED) is 0.186. The first-order valence-corrected chi connectivity index (χ1v) is 12.0. The van der Waals surface area contributed by atoms with Crippen molar-refractivity contribution in [2.45, 2.75) is 32.2 Å². The van der Waals surface area contributed by atoms with E-state index in [0.717, 1.165) is 6.42 Å². The van der Waals surface area contributed by atoms with Gasteiger partial charge in [-0.3, -0.25) is 0 Å². The maximum atomic E-state index is 14.8. The largest absolute Gasteiger partial charge is 0.573 e. The highest BCUT2D eigenvalue weighted by atomic mass is 19.4. The molecular formula is C29H17F11O2. The van der Waals surface area contributed by atoms with Crippen molar-refractivity contribution in [3.63, 3.8) is 0 Å². The second-order valence-electron chi connectivity index (χ2n) is 8.96. The molecule has 0 bridgehead atoms. The van der Waals surface area contributed by atoms with E-state index >= 15 is 0 Å². The molecular weight excluding hydrogens is 589 g/mol. The Balaban J connectivity index is 1.61. The fourth-order valence-corrected chi connectivity index (χ4v) is 4.10. The van der Waals surface area contributed by atoms with Gasteiger partial charge < -0.3 is 9.47 Å². The summed E-state index contributed by atoms with van der Waals surface area (Å²) >= 11 is 0. The number of hydrogen-bond donors (Lipinski definition) is 0. The van der Waals surface area contributed by atoms with Crippen LogP contribution in [-0.4, -0.2) is 6.36 Å². The lowest BCUT2D eigenvalue weighted by molar-refractivity contribution is -0.276. The van der Waals surface area contributed by atoms with Gasteiger partial charge in [-0.25, -0.2) is 26.3 Å². The fraction of sp³-hybridized carbons (Fsp3) is 0.172. The van der Waals surface area contributed by atoms with E-state index < -0.39 is 75.6 Å². The highest BCUT2D eigenvalue weighted by molar-refractivity contribution is 5.67. The predicted molar refractivity (Wildman–Crippen MR) is 129 cm³/mol. The van der Waals surface area contributed by atoms with E-state index in [-0.39, 0.29) is 29.3 Å². The van der Waals surface area contributed by atoms with Crippen molar-refractivity contribution < 1.29 is 57.8 Å². The number of aryl methyl sites for hydroxylation is 1. The smallest absolute Gasteiger partial charge is 0.423 e. The maximum absolute atomic E-state index is 14.8. The molecule has 0 atom stereocenters. The first-order chi connectivity index (χ1) is 19.6. The van der Waals surface area contributed by atoms with E-state index in [2.05, 4.69) is 9.47 Å². The average molecular weight is 606 g/mol. The number of hydrogen-bond acceptors (Lipinski definition) is 2. The first kappa shape index (κ1) is 30.7. The Morgan fingerprint density at radius 3 is 1.43 bits per heavy atom. The number of rotatable bonds is 8. The third kappa shape index (κ3) is 6.60. The summed E-state index contributed by atoms with van der Waals surface area (Å²) in [6, 6.07) is 6.96. The molecule has 4 aromatic rings. The molecule has 4 aromatic carbocycles. The Morgan fingerprint density at radius 2 is 1.00 bits per heavy atom. The lowest BCUT2D eigenvalue weighted by Gasteiger charge is -2.20. The van der Waals surface area contributed by atoms with Gasteiger partial charge in [-0.15, -0.1) is 13.2 Å². The van der Waals surface area contributed by atoms with Crippen LogP contribution in [0, 0.1) is 34.9 Å². The van der Waals surface area contributed by atoms with Gasteiger partial charge in [0, 0.05) is 11.1 Å². The number of halogens is 11. The Morgan fingerprint density at radius 1 is 0.548 bits per heavy atom. The van der Waals surface area contributed by atoms with Crippen LogP contribution >= 0.6 is 0 Å². The molecule has 0 aliphatic heterocycles. The average Bonchev–Trinajstić information content (AvgIpc) is 2.88. The molecule has 42 heavy (non-hydrogen) atoms. The van der Waals surface area contributed by atoms with Crippen LogP contribution in [0.3, 0.4) is 0 Å². The van der Waals surface area contributed by atoms with Crippen LogP contribution in [-0.2, 0) is 12.5 Å². The van der Waals surface area contributed by atoms with Gasteiger partial charge in [0.05, 0.1) is 5.56 Å². The summed E-state index contributed by atoms with van der Waals surface area (Å²) < 4.78 is 161.